The summed E-state index contributed by atoms with van der Waals surface area (Å²) < 4.78 is 30.2. The van der Waals surface area contributed by atoms with Gasteiger partial charge >= 0.3 is 0 Å². The molecule has 0 saturated heterocycles. The highest BCUT2D eigenvalue weighted by atomic mass is 19.1. The summed E-state index contributed by atoms with van der Waals surface area (Å²) in [5.41, 5.74) is 3.05. The van der Waals surface area contributed by atoms with Crippen LogP contribution in [0.25, 0.3) is 0 Å². The zero-order valence-corrected chi connectivity index (χ0v) is 15.1. The second-order valence-corrected chi connectivity index (χ2v) is 6.67. The zero-order valence-electron chi connectivity index (χ0n) is 15.1. The van der Waals surface area contributed by atoms with Crippen LogP contribution in [0, 0.1) is 11.7 Å². The highest BCUT2D eigenvalue weighted by molar-refractivity contribution is 5.62. The average molecular weight is 355 g/mol. The minimum atomic E-state index is -0.198. The summed E-state index contributed by atoms with van der Waals surface area (Å²) in [6, 6.07) is 9.00. The predicted molar refractivity (Wildman–Crippen MR) is 98.8 cm³/mol. The number of ether oxygens (including phenoxy) is 3. The Balaban J connectivity index is 1.80. The van der Waals surface area contributed by atoms with Crippen LogP contribution in [0.2, 0.25) is 0 Å². The number of allylic oxidation sites excluding steroid dienone is 2. The van der Waals surface area contributed by atoms with Crippen LogP contribution in [-0.2, 0) is 0 Å². The molecule has 0 radical (unpaired) electrons. The Labute approximate surface area is 152 Å². The molecule has 0 unspecified atom stereocenters. The Morgan fingerprint density at radius 3 is 2.38 bits per heavy atom. The van der Waals surface area contributed by atoms with E-state index >= 15 is 0 Å². The van der Waals surface area contributed by atoms with E-state index in [4.69, 9.17) is 14.2 Å². The number of anilines is 1. The molecule has 1 aliphatic carbocycles. The van der Waals surface area contributed by atoms with Crippen LogP contribution in [0.5, 0.6) is 17.2 Å². The van der Waals surface area contributed by atoms with Crippen molar-refractivity contribution in [3.8, 4) is 17.2 Å². The molecule has 0 spiro atoms. The molecule has 5 heteroatoms. The largest absolute Gasteiger partial charge is 0.493 e. The van der Waals surface area contributed by atoms with E-state index in [0.29, 0.717) is 23.2 Å². The SMILES string of the molecule is COc1cc([C@@H]2Nc3ccc(F)cc3[C@@H]3C=CC[C@@H]32)cc(OC)c1OC. The van der Waals surface area contributed by atoms with Crippen molar-refractivity contribution in [2.45, 2.75) is 18.4 Å². The van der Waals surface area contributed by atoms with E-state index in [-0.39, 0.29) is 17.8 Å². The Morgan fingerprint density at radius 1 is 1.00 bits per heavy atom. The third kappa shape index (κ3) is 2.59. The maximum atomic E-state index is 13.8. The van der Waals surface area contributed by atoms with Crippen LogP contribution in [0.4, 0.5) is 10.1 Å². The number of nitrogens with one attached hydrogen (secondary N) is 1. The lowest BCUT2D eigenvalue weighted by atomic mass is 9.77. The molecule has 2 aromatic carbocycles. The monoisotopic (exact) mass is 355 g/mol. The van der Waals surface area contributed by atoms with Crippen molar-refractivity contribution >= 4 is 5.69 Å². The molecule has 0 saturated carbocycles. The quantitative estimate of drug-likeness (QED) is 0.809. The summed E-state index contributed by atoms with van der Waals surface area (Å²) in [5.74, 6) is 2.17. The Kier molecular flexibility index (Phi) is 4.23. The van der Waals surface area contributed by atoms with Gasteiger partial charge in [0.1, 0.15) is 5.82 Å². The smallest absolute Gasteiger partial charge is 0.203 e. The van der Waals surface area contributed by atoms with E-state index in [2.05, 4.69) is 17.5 Å². The molecule has 0 aromatic heterocycles. The molecular formula is C21H22FNO3. The molecule has 1 heterocycles. The van der Waals surface area contributed by atoms with Crippen molar-refractivity contribution in [1.29, 1.82) is 0 Å². The summed E-state index contributed by atoms with van der Waals surface area (Å²) in [4.78, 5) is 0. The molecular weight excluding hydrogens is 333 g/mol. The van der Waals surface area contributed by atoms with Gasteiger partial charge < -0.3 is 19.5 Å². The fourth-order valence-corrected chi connectivity index (χ4v) is 4.18. The molecule has 2 aromatic rings. The van der Waals surface area contributed by atoms with Crippen LogP contribution in [-0.4, -0.2) is 21.3 Å². The van der Waals surface area contributed by atoms with Crippen molar-refractivity contribution in [2.24, 2.45) is 5.92 Å². The lowest BCUT2D eigenvalue weighted by Crippen LogP contribution is -2.29. The van der Waals surface area contributed by atoms with E-state index in [0.717, 1.165) is 23.2 Å². The van der Waals surface area contributed by atoms with Gasteiger partial charge in [0.05, 0.1) is 27.4 Å². The number of halogens is 1. The number of methoxy groups -OCH3 is 3. The van der Waals surface area contributed by atoms with E-state index in [1.54, 1.807) is 27.4 Å². The Morgan fingerprint density at radius 2 is 1.73 bits per heavy atom. The molecule has 4 rings (SSSR count). The number of rotatable bonds is 4. The fourth-order valence-electron chi connectivity index (χ4n) is 4.18. The van der Waals surface area contributed by atoms with Crippen LogP contribution < -0.4 is 19.5 Å². The molecule has 1 aliphatic heterocycles. The van der Waals surface area contributed by atoms with Crippen molar-refractivity contribution in [3.05, 3.63) is 59.4 Å². The molecule has 2 aliphatic rings. The topological polar surface area (TPSA) is 39.7 Å². The Bertz CT molecular complexity index is 839. The molecule has 4 nitrogen and oxygen atoms in total. The number of hydrogen-bond acceptors (Lipinski definition) is 4. The second kappa shape index (κ2) is 6.56. The fraction of sp³-hybridized carbons (Fsp3) is 0.333. The maximum absolute atomic E-state index is 13.8. The minimum Gasteiger partial charge on any atom is -0.493 e. The number of hydrogen-bond donors (Lipinski definition) is 1. The highest BCUT2D eigenvalue weighted by Crippen LogP contribution is 2.51. The number of fused-ring (bicyclic) bond motifs is 3. The van der Waals surface area contributed by atoms with E-state index in [9.17, 15) is 4.39 Å². The summed E-state index contributed by atoms with van der Waals surface area (Å²) in [6.45, 7) is 0. The van der Waals surface area contributed by atoms with Crippen LogP contribution >= 0.6 is 0 Å². The zero-order chi connectivity index (χ0) is 18.3. The van der Waals surface area contributed by atoms with Crippen molar-refractivity contribution in [2.75, 3.05) is 26.6 Å². The van der Waals surface area contributed by atoms with Gasteiger partial charge in [-0.1, -0.05) is 12.2 Å². The molecule has 26 heavy (non-hydrogen) atoms. The maximum Gasteiger partial charge on any atom is 0.203 e. The van der Waals surface area contributed by atoms with Crippen molar-refractivity contribution < 1.29 is 18.6 Å². The molecule has 0 bridgehead atoms. The standard InChI is InChI=1S/C21H22FNO3/c1-24-18-9-12(10-19(25-2)21(18)26-3)20-15-6-4-5-14(15)16-11-13(22)7-8-17(16)23-20/h4-5,7-11,14-15,20,23H,6H2,1-3H3/t14-,15+,20+/m1/s1. The average Bonchev–Trinajstić information content (AvgIpc) is 3.16. The minimum absolute atomic E-state index is 0.0710. The molecule has 1 N–H and O–H groups in total. The normalized spacial score (nSPS) is 23.0. The summed E-state index contributed by atoms with van der Waals surface area (Å²) in [6.07, 6.45) is 5.31. The third-order valence-corrected chi connectivity index (χ3v) is 5.37. The van der Waals surface area contributed by atoms with Crippen molar-refractivity contribution in [1.82, 2.24) is 0 Å². The van der Waals surface area contributed by atoms with Crippen LogP contribution in [0.3, 0.4) is 0 Å². The highest BCUT2D eigenvalue weighted by Gasteiger charge is 2.38. The van der Waals surface area contributed by atoms with Gasteiger partial charge in [0.25, 0.3) is 0 Å². The second-order valence-electron chi connectivity index (χ2n) is 6.67. The summed E-state index contributed by atoms with van der Waals surface area (Å²) >= 11 is 0. The van der Waals surface area contributed by atoms with Crippen molar-refractivity contribution in [3.63, 3.8) is 0 Å². The first kappa shape index (κ1) is 16.8. The van der Waals surface area contributed by atoms with Crippen LogP contribution in [0.1, 0.15) is 29.5 Å². The van der Waals surface area contributed by atoms with Gasteiger partial charge in [0, 0.05) is 11.6 Å². The van der Waals surface area contributed by atoms with E-state index in [1.165, 1.54) is 6.07 Å². The first-order valence-electron chi connectivity index (χ1n) is 8.68. The van der Waals surface area contributed by atoms with Gasteiger partial charge in [-0.15, -0.1) is 0 Å². The number of benzene rings is 2. The van der Waals surface area contributed by atoms with Gasteiger partial charge in [0.2, 0.25) is 5.75 Å². The summed E-state index contributed by atoms with van der Waals surface area (Å²) in [5, 5.41) is 3.59. The summed E-state index contributed by atoms with van der Waals surface area (Å²) in [7, 11) is 4.83. The van der Waals surface area contributed by atoms with Gasteiger partial charge in [-0.2, -0.15) is 0 Å². The van der Waals surface area contributed by atoms with Gasteiger partial charge in [-0.25, -0.2) is 4.39 Å². The molecule has 0 amide bonds. The predicted octanol–water partition coefficient (Wildman–Crippen LogP) is 4.68. The lowest BCUT2D eigenvalue weighted by molar-refractivity contribution is 0.322. The molecule has 0 fully saturated rings. The van der Waals surface area contributed by atoms with Gasteiger partial charge in [-0.05, 0) is 53.8 Å². The van der Waals surface area contributed by atoms with E-state index in [1.807, 2.05) is 18.2 Å². The lowest BCUT2D eigenvalue weighted by Gasteiger charge is -2.37. The Hall–Kier alpha value is -2.69. The molecule has 3 atom stereocenters. The first-order chi connectivity index (χ1) is 12.7. The van der Waals surface area contributed by atoms with Crippen LogP contribution in [0.15, 0.2) is 42.5 Å². The third-order valence-electron chi connectivity index (χ3n) is 5.37. The van der Waals surface area contributed by atoms with Gasteiger partial charge in [0.15, 0.2) is 11.5 Å². The molecule has 136 valence electrons. The van der Waals surface area contributed by atoms with E-state index < -0.39 is 0 Å². The first-order valence-corrected chi connectivity index (χ1v) is 8.68. The van der Waals surface area contributed by atoms with Gasteiger partial charge in [-0.3, -0.25) is 0 Å².